The summed E-state index contributed by atoms with van der Waals surface area (Å²) in [5.74, 6) is 0. The standard InChI is InChI=1S/C17H36N4O2/c1-6-14(2)20-9-11-21(12-10-20)15(13-18)7-8-19-16(22)23-17(3,4)5/h14-15H,6-13,18H2,1-5H3,(H,19,22). The highest BCUT2D eigenvalue weighted by molar-refractivity contribution is 5.67. The lowest BCUT2D eigenvalue weighted by atomic mass is 10.1. The smallest absolute Gasteiger partial charge is 0.407 e. The molecule has 0 aromatic heterocycles. The van der Waals surface area contributed by atoms with E-state index in [-0.39, 0.29) is 6.09 Å². The van der Waals surface area contributed by atoms with Crippen LogP contribution in [0.3, 0.4) is 0 Å². The van der Waals surface area contributed by atoms with E-state index in [4.69, 9.17) is 10.5 Å². The fraction of sp³-hybridized carbons (Fsp3) is 0.941. The molecule has 3 N–H and O–H groups in total. The molecule has 6 heteroatoms. The van der Waals surface area contributed by atoms with Crippen LogP contribution < -0.4 is 11.1 Å². The van der Waals surface area contributed by atoms with E-state index in [9.17, 15) is 4.79 Å². The van der Waals surface area contributed by atoms with E-state index in [1.54, 1.807) is 0 Å². The van der Waals surface area contributed by atoms with Gasteiger partial charge in [-0.05, 0) is 40.5 Å². The fourth-order valence-corrected chi connectivity index (χ4v) is 2.91. The van der Waals surface area contributed by atoms with Gasteiger partial charge in [0.15, 0.2) is 0 Å². The Morgan fingerprint density at radius 2 is 1.78 bits per heavy atom. The molecule has 0 bridgehead atoms. The first-order chi connectivity index (χ1) is 10.8. The number of hydrogen-bond acceptors (Lipinski definition) is 5. The maximum Gasteiger partial charge on any atom is 0.407 e. The predicted molar refractivity (Wildman–Crippen MR) is 94.6 cm³/mol. The first-order valence-corrected chi connectivity index (χ1v) is 8.91. The topological polar surface area (TPSA) is 70.8 Å². The summed E-state index contributed by atoms with van der Waals surface area (Å²) in [6.45, 7) is 15.7. The van der Waals surface area contributed by atoms with E-state index in [0.29, 0.717) is 25.2 Å². The Morgan fingerprint density at radius 1 is 1.22 bits per heavy atom. The number of hydrogen-bond donors (Lipinski definition) is 2. The van der Waals surface area contributed by atoms with Crippen LogP contribution in [0.4, 0.5) is 4.79 Å². The van der Waals surface area contributed by atoms with E-state index in [1.165, 1.54) is 6.42 Å². The SMILES string of the molecule is CCC(C)N1CCN(C(CN)CCNC(=O)OC(C)(C)C)CC1. The molecule has 1 saturated heterocycles. The largest absolute Gasteiger partial charge is 0.444 e. The third kappa shape index (κ3) is 7.50. The second-order valence-corrected chi connectivity index (χ2v) is 7.44. The number of amides is 1. The van der Waals surface area contributed by atoms with Crippen LogP contribution >= 0.6 is 0 Å². The van der Waals surface area contributed by atoms with Gasteiger partial charge in [-0.3, -0.25) is 9.80 Å². The van der Waals surface area contributed by atoms with Gasteiger partial charge in [0.1, 0.15) is 5.60 Å². The molecule has 0 aromatic carbocycles. The third-order valence-electron chi connectivity index (χ3n) is 4.50. The highest BCUT2D eigenvalue weighted by Gasteiger charge is 2.25. The van der Waals surface area contributed by atoms with Gasteiger partial charge in [0.25, 0.3) is 0 Å². The van der Waals surface area contributed by atoms with Crippen LogP contribution in [0.2, 0.25) is 0 Å². The summed E-state index contributed by atoms with van der Waals surface area (Å²) in [5.41, 5.74) is 5.49. The van der Waals surface area contributed by atoms with Crippen LogP contribution in [0.5, 0.6) is 0 Å². The average Bonchev–Trinajstić information content (AvgIpc) is 2.49. The summed E-state index contributed by atoms with van der Waals surface area (Å²) in [7, 11) is 0. The quantitative estimate of drug-likeness (QED) is 0.743. The van der Waals surface area contributed by atoms with Crippen molar-refractivity contribution < 1.29 is 9.53 Å². The first-order valence-electron chi connectivity index (χ1n) is 8.91. The number of carbonyl (C=O) groups excluding carboxylic acids is 1. The van der Waals surface area contributed by atoms with Gasteiger partial charge in [0.2, 0.25) is 0 Å². The molecule has 136 valence electrons. The highest BCUT2D eigenvalue weighted by atomic mass is 16.6. The second-order valence-electron chi connectivity index (χ2n) is 7.44. The van der Waals surface area contributed by atoms with Crippen molar-refractivity contribution in [2.75, 3.05) is 39.3 Å². The van der Waals surface area contributed by atoms with Crippen molar-refractivity contribution >= 4 is 6.09 Å². The van der Waals surface area contributed by atoms with Gasteiger partial charge in [-0.1, -0.05) is 6.92 Å². The Bertz CT molecular complexity index is 349. The number of nitrogens with two attached hydrogens (primary N) is 1. The molecular weight excluding hydrogens is 292 g/mol. The van der Waals surface area contributed by atoms with Crippen molar-refractivity contribution in [1.82, 2.24) is 15.1 Å². The minimum atomic E-state index is -0.455. The molecule has 1 aliphatic heterocycles. The molecule has 0 spiro atoms. The molecule has 1 heterocycles. The number of alkyl carbamates (subject to hydrolysis) is 1. The van der Waals surface area contributed by atoms with Gasteiger partial charge >= 0.3 is 6.09 Å². The maximum absolute atomic E-state index is 11.7. The Morgan fingerprint density at radius 3 is 2.26 bits per heavy atom. The molecule has 0 aromatic rings. The van der Waals surface area contributed by atoms with Crippen molar-refractivity contribution in [2.45, 2.75) is 65.1 Å². The van der Waals surface area contributed by atoms with Gasteiger partial charge in [-0.25, -0.2) is 4.79 Å². The van der Waals surface area contributed by atoms with E-state index >= 15 is 0 Å². The fourth-order valence-electron chi connectivity index (χ4n) is 2.91. The predicted octanol–water partition coefficient (Wildman–Crippen LogP) is 1.64. The van der Waals surface area contributed by atoms with E-state index in [2.05, 4.69) is 29.0 Å². The summed E-state index contributed by atoms with van der Waals surface area (Å²) < 4.78 is 5.25. The Kier molecular flexibility index (Phi) is 8.29. The van der Waals surface area contributed by atoms with Gasteiger partial charge < -0.3 is 15.8 Å². The zero-order valence-corrected chi connectivity index (χ0v) is 15.6. The lowest BCUT2D eigenvalue weighted by molar-refractivity contribution is 0.0506. The molecule has 2 atom stereocenters. The molecule has 2 unspecified atom stereocenters. The summed E-state index contributed by atoms with van der Waals surface area (Å²) in [5, 5.41) is 2.83. The molecule has 1 rings (SSSR count). The molecule has 23 heavy (non-hydrogen) atoms. The van der Waals surface area contributed by atoms with Crippen LogP contribution in [0.25, 0.3) is 0 Å². The highest BCUT2D eigenvalue weighted by Crippen LogP contribution is 2.12. The summed E-state index contributed by atoms with van der Waals surface area (Å²) in [6, 6.07) is 0.978. The molecule has 6 nitrogen and oxygen atoms in total. The van der Waals surface area contributed by atoms with Crippen LogP contribution in [0, 0.1) is 0 Å². The van der Waals surface area contributed by atoms with Crippen LogP contribution in [-0.4, -0.2) is 72.8 Å². The third-order valence-corrected chi connectivity index (χ3v) is 4.50. The molecule has 0 aliphatic carbocycles. The van der Waals surface area contributed by atoms with E-state index < -0.39 is 5.60 Å². The minimum absolute atomic E-state index is 0.323. The van der Waals surface area contributed by atoms with Crippen molar-refractivity contribution in [3.05, 3.63) is 0 Å². The van der Waals surface area contributed by atoms with Crippen molar-refractivity contribution in [3.63, 3.8) is 0 Å². The van der Waals surface area contributed by atoms with E-state index in [1.807, 2.05) is 20.8 Å². The average molecular weight is 329 g/mol. The zero-order chi connectivity index (χ0) is 17.5. The van der Waals surface area contributed by atoms with Gasteiger partial charge in [-0.2, -0.15) is 0 Å². The number of piperazine rings is 1. The monoisotopic (exact) mass is 328 g/mol. The van der Waals surface area contributed by atoms with Crippen LogP contribution in [-0.2, 0) is 4.74 Å². The maximum atomic E-state index is 11.7. The number of carbonyl (C=O) groups is 1. The minimum Gasteiger partial charge on any atom is -0.444 e. The Hall–Kier alpha value is -0.850. The normalized spacial score (nSPS) is 20.1. The lowest BCUT2D eigenvalue weighted by Gasteiger charge is -2.41. The van der Waals surface area contributed by atoms with Crippen molar-refractivity contribution in [1.29, 1.82) is 0 Å². The second kappa shape index (κ2) is 9.45. The van der Waals surface area contributed by atoms with Gasteiger partial charge in [-0.15, -0.1) is 0 Å². The zero-order valence-electron chi connectivity index (χ0n) is 15.6. The molecule has 1 fully saturated rings. The van der Waals surface area contributed by atoms with Crippen LogP contribution in [0.15, 0.2) is 0 Å². The summed E-state index contributed by atoms with van der Waals surface area (Å²) >= 11 is 0. The number of nitrogens with zero attached hydrogens (tertiary/aromatic N) is 2. The van der Waals surface area contributed by atoms with Gasteiger partial charge in [0.05, 0.1) is 0 Å². The van der Waals surface area contributed by atoms with Crippen molar-refractivity contribution in [3.8, 4) is 0 Å². The van der Waals surface area contributed by atoms with Crippen LogP contribution in [0.1, 0.15) is 47.5 Å². The first kappa shape index (κ1) is 20.2. The number of rotatable bonds is 7. The van der Waals surface area contributed by atoms with Crippen molar-refractivity contribution in [2.24, 2.45) is 5.73 Å². The molecule has 0 radical (unpaired) electrons. The molecule has 1 aliphatic rings. The molecular formula is C17H36N4O2. The van der Waals surface area contributed by atoms with Gasteiger partial charge in [0, 0.05) is 51.4 Å². The lowest BCUT2D eigenvalue weighted by Crippen LogP contribution is -2.54. The summed E-state index contributed by atoms with van der Waals surface area (Å²) in [4.78, 5) is 16.7. The van der Waals surface area contributed by atoms with E-state index in [0.717, 1.165) is 32.6 Å². The number of ether oxygens (including phenoxy) is 1. The molecule has 0 saturated carbocycles. The number of nitrogens with one attached hydrogen (secondary N) is 1. The summed E-state index contributed by atoms with van der Waals surface area (Å²) in [6.07, 6.45) is 1.70. The Labute approximate surface area is 141 Å². The molecule has 1 amide bonds. The Balaban J connectivity index is 2.31.